The lowest BCUT2D eigenvalue weighted by atomic mass is 10.00. The van der Waals surface area contributed by atoms with Gasteiger partial charge in [-0.2, -0.15) is 0 Å². The van der Waals surface area contributed by atoms with Gasteiger partial charge in [-0.1, -0.05) is 127 Å². The Hall–Kier alpha value is -6.07. The SMILES string of the molecule is c1ccc(-c2nc(-c3ccccc3)nc(-c3ccc(-c4cccc(-c5ccc6ccc7cccnc7c6n5)c4)cc3)n2)cc1. The third-order valence-corrected chi connectivity index (χ3v) is 7.77. The van der Waals surface area contributed by atoms with E-state index in [0.29, 0.717) is 17.5 Å². The molecule has 0 amide bonds. The lowest BCUT2D eigenvalue weighted by molar-refractivity contribution is 1.07. The Morgan fingerprint density at radius 3 is 1.50 bits per heavy atom. The molecular weight excluding hydrogens is 538 g/mol. The van der Waals surface area contributed by atoms with E-state index in [-0.39, 0.29) is 0 Å². The number of benzene rings is 5. The van der Waals surface area contributed by atoms with E-state index < -0.39 is 0 Å². The van der Waals surface area contributed by atoms with Gasteiger partial charge in [-0.3, -0.25) is 4.98 Å². The topological polar surface area (TPSA) is 64.5 Å². The monoisotopic (exact) mass is 563 g/mol. The maximum atomic E-state index is 5.04. The van der Waals surface area contributed by atoms with E-state index in [0.717, 1.165) is 60.9 Å². The Labute approximate surface area is 254 Å². The Balaban J connectivity index is 1.15. The third kappa shape index (κ3) is 4.86. The van der Waals surface area contributed by atoms with Gasteiger partial charge in [0.1, 0.15) is 0 Å². The summed E-state index contributed by atoms with van der Waals surface area (Å²) in [5.74, 6) is 1.94. The molecule has 5 aromatic carbocycles. The molecule has 0 N–H and O–H groups in total. The van der Waals surface area contributed by atoms with Crippen molar-refractivity contribution >= 4 is 21.8 Å². The molecule has 3 aromatic heterocycles. The van der Waals surface area contributed by atoms with Crippen LogP contribution in [0, 0.1) is 0 Å². The first-order chi connectivity index (χ1) is 21.8. The number of nitrogens with zero attached hydrogens (tertiary/aromatic N) is 5. The van der Waals surface area contributed by atoms with Crippen molar-refractivity contribution in [2.45, 2.75) is 0 Å². The highest BCUT2D eigenvalue weighted by atomic mass is 15.0. The first kappa shape index (κ1) is 25.6. The van der Waals surface area contributed by atoms with Crippen LogP contribution in [0.1, 0.15) is 0 Å². The van der Waals surface area contributed by atoms with Crippen molar-refractivity contribution in [1.82, 2.24) is 24.9 Å². The third-order valence-electron chi connectivity index (χ3n) is 7.77. The summed E-state index contributed by atoms with van der Waals surface area (Å²) < 4.78 is 0. The summed E-state index contributed by atoms with van der Waals surface area (Å²) >= 11 is 0. The molecule has 0 fully saturated rings. The van der Waals surface area contributed by atoms with Gasteiger partial charge in [0.25, 0.3) is 0 Å². The van der Waals surface area contributed by atoms with Gasteiger partial charge in [0, 0.05) is 39.2 Å². The average Bonchev–Trinajstić information content (AvgIpc) is 3.12. The van der Waals surface area contributed by atoms with Crippen molar-refractivity contribution in [3.8, 4) is 56.5 Å². The van der Waals surface area contributed by atoms with Crippen molar-refractivity contribution < 1.29 is 0 Å². The van der Waals surface area contributed by atoms with Crippen LogP contribution in [0.4, 0.5) is 0 Å². The number of hydrogen-bond donors (Lipinski definition) is 0. The van der Waals surface area contributed by atoms with E-state index in [1.54, 1.807) is 0 Å². The Morgan fingerprint density at radius 2 is 0.841 bits per heavy atom. The number of rotatable bonds is 5. The minimum atomic E-state index is 0.638. The number of aromatic nitrogens is 5. The average molecular weight is 564 g/mol. The molecule has 206 valence electrons. The van der Waals surface area contributed by atoms with E-state index in [1.165, 1.54) is 0 Å². The van der Waals surface area contributed by atoms with Gasteiger partial charge in [-0.25, -0.2) is 19.9 Å². The van der Waals surface area contributed by atoms with Gasteiger partial charge in [0.2, 0.25) is 0 Å². The van der Waals surface area contributed by atoms with Crippen molar-refractivity contribution in [3.05, 3.63) is 152 Å². The second kappa shape index (κ2) is 11.0. The van der Waals surface area contributed by atoms with Gasteiger partial charge >= 0.3 is 0 Å². The van der Waals surface area contributed by atoms with E-state index >= 15 is 0 Å². The standard InChI is InChI=1S/C39H25N5/c1-3-9-29(10-4-1)37-42-38(30-11-5-2-6-12-30)44-39(43-37)31-20-16-26(17-21-31)32-13-7-14-33(25-32)34-23-22-28-19-18-27-15-8-24-40-35(27)36(28)41-34/h1-25H. The highest BCUT2D eigenvalue weighted by Crippen LogP contribution is 2.31. The van der Waals surface area contributed by atoms with Gasteiger partial charge in [-0.15, -0.1) is 0 Å². The zero-order valence-electron chi connectivity index (χ0n) is 23.7. The highest BCUT2D eigenvalue weighted by molar-refractivity contribution is 6.03. The van der Waals surface area contributed by atoms with Crippen LogP contribution >= 0.6 is 0 Å². The molecule has 0 aliphatic carbocycles. The molecule has 5 nitrogen and oxygen atoms in total. The zero-order chi connectivity index (χ0) is 29.3. The minimum Gasteiger partial charge on any atom is -0.254 e. The molecule has 0 aliphatic heterocycles. The van der Waals surface area contributed by atoms with Crippen LogP contribution < -0.4 is 0 Å². The second-order valence-corrected chi connectivity index (χ2v) is 10.6. The maximum Gasteiger partial charge on any atom is 0.164 e. The first-order valence-electron chi connectivity index (χ1n) is 14.5. The molecule has 0 radical (unpaired) electrons. The Morgan fingerprint density at radius 1 is 0.318 bits per heavy atom. The van der Waals surface area contributed by atoms with Crippen LogP contribution in [0.25, 0.3) is 78.4 Å². The van der Waals surface area contributed by atoms with E-state index in [4.69, 9.17) is 19.9 Å². The normalized spacial score (nSPS) is 11.2. The largest absolute Gasteiger partial charge is 0.254 e. The smallest absolute Gasteiger partial charge is 0.164 e. The summed E-state index contributed by atoms with van der Waals surface area (Å²) in [6.45, 7) is 0. The maximum absolute atomic E-state index is 5.04. The Bertz CT molecular complexity index is 2210. The number of hydrogen-bond acceptors (Lipinski definition) is 5. The van der Waals surface area contributed by atoms with Crippen molar-refractivity contribution in [3.63, 3.8) is 0 Å². The fourth-order valence-corrected chi connectivity index (χ4v) is 5.49. The van der Waals surface area contributed by atoms with Crippen molar-refractivity contribution in [2.75, 3.05) is 0 Å². The van der Waals surface area contributed by atoms with Crippen LogP contribution in [0.2, 0.25) is 0 Å². The van der Waals surface area contributed by atoms with Crippen LogP contribution in [0.15, 0.2) is 152 Å². The van der Waals surface area contributed by atoms with E-state index in [1.807, 2.05) is 72.9 Å². The van der Waals surface area contributed by atoms with E-state index in [9.17, 15) is 0 Å². The van der Waals surface area contributed by atoms with Gasteiger partial charge in [0.05, 0.1) is 16.7 Å². The molecule has 0 unspecified atom stereocenters. The summed E-state index contributed by atoms with van der Waals surface area (Å²) in [6.07, 6.45) is 1.82. The van der Waals surface area contributed by atoms with Crippen molar-refractivity contribution in [1.29, 1.82) is 0 Å². The van der Waals surface area contributed by atoms with Crippen LogP contribution in [-0.4, -0.2) is 24.9 Å². The molecule has 0 atom stereocenters. The van der Waals surface area contributed by atoms with Crippen LogP contribution in [0.3, 0.4) is 0 Å². The molecule has 3 heterocycles. The molecular formula is C39H25N5. The van der Waals surface area contributed by atoms with Gasteiger partial charge in [0.15, 0.2) is 17.5 Å². The summed E-state index contributed by atoms with van der Waals surface area (Å²) in [5.41, 5.74) is 8.85. The lowest BCUT2D eigenvalue weighted by Crippen LogP contribution is -2.00. The molecule has 0 bridgehead atoms. The quantitative estimate of drug-likeness (QED) is 0.195. The summed E-state index contributed by atoms with van der Waals surface area (Å²) in [5, 5.41) is 2.17. The highest BCUT2D eigenvalue weighted by Gasteiger charge is 2.13. The molecule has 0 saturated carbocycles. The van der Waals surface area contributed by atoms with Crippen molar-refractivity contribution in [2.24, 2.45) is 0 Å². The molecule has 44 heavy (non-hydrogen) atoms. The Kier molecular flexibility index (Phi) is 6.39. The first-order valence-corrected chi connectivity index (χ1v) is 14.5. The molecule has 0 aliphatic rings. The molecule has 5 heteroatoms. The predicted octanol–water partition coefficient (Wildman–Crippen LogP) is 9.30. The van der Waals surface area contributed by atoms with Crippen LogP contribution in [-0.2, 0) is 0 Å². The molecule has 0 spiro atoms. The lowest BCUT2D eigenvalue weighted by Gasteiger charge is -2.10. The fourth-order valence-electron chi connectivity index (χ4n) is 5.49. The van der Waals surface area contributed by atoms with Gasteiger partial charge in [-0.05, 0) is 29.3 Å². The molecule has 8 aromatic rings. The second-order valence-electron chi connectivity index (χ2n) is 10.6. The number of fused-ring (bicyclic) bond motifs is 3. The summed E-state index contributed by atoms with van der Waals surface area (Å²) in [4.78, 5) is 24.2. The summed E-state index contributed by atoms with van der Waals surface area (Å²) in [7, 11) is 0. The predicted molar refractivity (Wildman–Crippen MR) is 178 cm³/mol. The zero-order valence-corrected chi connectivity index (χ0v) is 23.7. The minimum absolute atomic E-state index is 0.638. The molecule has 8 rings (SSSR count). The fraction of sp³-hybridized carbons (Fsp3) is 0. The molecule has 0 saturated heterocycles. The summed E-state index contributed by atoms with van der Waals surface area (Å²) in [6, 6.07) is 49.4. The number of pyridine rings is 2. The van der Waals surface area contributed by atoms with Gasteiger partial charge < -0.3 is 0 Å². The van der Waals surface area contributed by atoms with Crippen LogP contribution in [0.5, 0.6) is 0 Å². The van der Waals surface area contributed by atoms with E-state index in [2.05, 4.69) is 83.8 Å².